The maximum Gasteiger partial charge on any atom is 0.0455 e. The summed E-state index contributed by atoms with van der Waals surface area (Å²) in [5.41, 5.74) is 8.43. The second-order valence-electron chi connectivity index (χ2n) is 7.10. The summed E-state index contributed by atoms with van der Waals surface area (Å²) in [6.07, 6.45) is 3.89. The molecule has 118 valence electrons. The molecule has 2 heteroatoms. The summed E-state index contributed by atoms with van der Waals surface area (Å²) in [7, 11) is 0. The molecule has 0 bridgehead atoms. The lowest BCUT2D eigenvalue weighted by Gasteiger charge is -2.37. The van der Waals surface area contributed by atoms with Gasteiger partial charge in [0.05, 0.1) is 0 Å². The van der Waals surface area contributed by atoms with E-state index in [1.165, 1.54) is 37.9 Å². The molecule has 0 saturated carbocycles. The first-order chi connectivity index (χ1) is 10.0. The van der Waals surface area contributed by atoms with Gasteiger partial charge >= 0.3 is 0 Å². The molecule has 0 amide bonds. The van der Waals surface area contributed by atoms with Crippen LogP contribution >= 0.6 is 0 Å². The molecular formula is C19H32N2. The van der Waals surface area contributed by atoms with Crippen molar-refractivity contribution in [2.45, 2.75) is 59.0 Å². The Morgan fingerprint density at radius 2 is 1.76 bits per heavy atom. The molecule has 2 N–H and O–H groups in total. The highest BCUT2D eigenvalue weighted by Gasteiger charge is 2.40. The summed E-state index contributed by atoms with van der Waals surface area (Å²) in [4.78, 5) is 2.66. The van der Waals surface area contributed by atoms with Crippen LogP contribution in [-0.2, 0) is 0 Å². The van der Waals surface area contributed by atoms with Gasteiger partial charge in [-0.2, -0.15) is 0 Å². The van der Waals surface area contributed by atoms with E-state index in [-0.39, 0.29) is 6.04 Å². The highest BCUT2D eigenvalue weighted by Crippen LogP contribution is 2.40. The molecule has 1 heterocycles. The number of nitrogens with zero attached hydrogens (tertiary/aromatic N) is 1. The fraction of sp³-hybridized carbons (Fsp3) is 0.684. The van der Waals surface area contributed by atoms with Gasteiger partial charge in [-0.1, -0.05) is 58.0 Å². The lowest BCUT2D eigenvalue weighted by Crippen LogP contribution is -2.45. The third-order valence-corrected chi connectivity index (χ3v) is 5.62. The first-order valence-corrected chi connectivity index (χ1v) is 8.57. The Bertz CT molecular complexity index is 422. The van der Waals surface area contributed by atoms with Crippen LogP contribution in [0.25, 0.3) is 0 Å². The molecule has 0 radical (unpaired) electrons. The van der Waals surface area contributed by atoms with Gasteiger partial charge in [-0.05, 0) is 42.7 Å². The third kappa shape index (κ3) is 3.49. The normalized spacial score (nSPS) is 21.6. The molecule has 2 nitrogen and oxygen atoms in total. The van der Waals surface area contributed by atoms with Crippen LogP contribution in [-0.4, -0.2) is 24.0 Å². The van der Waals surface area contributed by atoms with Gasteiger partial charge in [0.2, 0.25) is 0 Å². The van der Waals surface area contributed by atoms with E-state index in [0.717, 1.165) is 0 Å². The molecule has 2 atom stereocenters. The number of nitrogens with two attached hydrogens (primary N) is 1. The number of benzene rings is 1. The molecule has 1 aromatic carbocycles. The Morgan fingerprint density at radius 3 is 2.24 bits per heavy atom. The van der Waals surface area contributed by atoms with Gasteiger partial charge < -0.3 is 5.73 Å². The first-order valence-electron chi connectivity index (χ1n) is 8.57. The Morgan fingerprint density at radius 1 is 1.14 bits per heavy atom. The van der Waals surface area contributed by atoms with E-state index < -0.39 is 0 Å². The molecular weight excluding hydrogens is 256 g/mol. The van der Waals surface area contributed by atoms with Crippen LogP contribution in [0.5, 0.6) is 0 Å². The third-order valence-electron chi connectivity index (χ3n) is 5.62. The van der Waals surface area contributed by atoms with Crippen molar-refractivity contribution in [3.8, 4) is 0 Å². The van der Waals surface area contributed by atoms with Gasteiger partial charge in [-0.25, -0.2) is 0 Å². The van der Waals surface area contributed by atoms with Gasteiger partial charge in [0.1, 0.15) is 0 Å². The number of hydrogen-bond acceptors (Lipinski definition) is 2. The molecule has 0 aliphatic carbocycles. The maximum atomic E-state index is 6.65. The molecule has 1 fully saturated rings. The molecule has 1 aliphatic rings. The largest absolute Gasteiger partial charge is 0.323 e. The highest BCUT2D eigenvalue weighted by atomic mass is 15.2. The summed E-state index contributed by atoms with van der Waals surface area (Å²) in [5, 5.41) is 0. The average Bonchev–Trinajstić information content (AvgIpc) is 2.92. The van der Waals surface area contributed by atoms with E-state index in [1.807, 2.05) is 0 Å². The van der Waals surface area contributed by atoms with Crippen molar-refractivity contribution in [1.29, 1.82) is 0 Å². The van der Waals surface area contributed by atoms with E-state index >= 15 is 0 Å². The number of rotatable bonds is 6. The van der Waals surface area contributed by atoms with Crippen molar-refractivity contribution in [3.63, 3.8) is 0 Å². The summed E-state index contributed by atoms with van der Waals surface area (Å²) in [6, 6.07) is 11.1. The second-order valence-corrected chi connectivity index (χ2v) is 7.10. The van der Waals surface area contributed by atoms with Gasteiger partial charge in [0, 0.05) is 18.6 Å². The quantitative estimate of drug-likeness (QED) is 0.849. The zero-order chi connectivity index (χ0) is 15.5. The SMILES string of the molecule is CCC1(CC)CCN(C(C(C)C)C(N)c2ccccc2)C1. The van der Waals surface area contributed by atoms with Crippen LogP contribution in [0.1, 0.15) is 58.6 Å². The minimum Gasteiger partial charge on any atom is -0.323 e. The molecule has 0 aromatic heterocycles. The Balaban J connectivity index is 2.17. The molecule has 0 spiro atoms. The van der Waals surface area contributed by atoms with Crippen LogP contribution in [0, 0.1) is 11.3 Å². The van der Waals surface area contributed by atoms with Crippen molar-refractivity contribution in [2.75, 3.05) is 13.1 Å². The van der Waals surface area contributed by atoms with Gasteiger partial charge in [-0.3, -0.25) is 4.90 Å². The number of hydrogen-bond donors (Lipinski definition) is 1. The second kappa shape index (κ2) is 6.93. The molecule has 1 aliphatic heterocycles. The summed E-state index contributed by atoms with van der Waals surface area (Å²) >= 11 is 0. The van der Waals surface area contributed by atoms with Crippen LogP contribution < -0.4 is 5.73 Å². The molecule has 2 rings (SSSR count). The van der Waals surface area contributed by atoms with E-state index in [1.54, 1.807) is 0 Å². The lowest BCUT2D eigenvalue weighted by atomic mass is 9.81. The van der Waals surface area contributed by atoms with Crippen molar-refractivity contribution in [2.24, 2.45) is 17.1 Å². The van der Waals surface area contributed by atoms with E-state index in [2.05, 4.69) is 62.9 Å². The number of likely N-dealkylation sites (tertiary alicyclic amines) is 1. The van der Waals surface area contributed by atoms with E-state index in [9.17, 15) is 0 Å². The minimum atomic E-state index is 0.107. The topological polar surface area (TPSA) is 29.3 Å². The van der Waals surface area contributed by atoms with Gasteiger partial charge in [0.25, 0.3) is 0 Å². The molecule has 21 heavy (non-hydrogen) atoms. The highest BCUT2D eigenvalue weighted by molar-refractivity contribution is 5.20. The fourth-order valence-electron chi connectivity index (χ4n) is 3.99. The summed E-state index contributed by atoms with van der Waals surface area (Å²) < 4.78 is 0. The average molecular weight is 288 g/mol. The fourth-order valence-corrected chi connectivity index (χ4v) is 3.99. The maximum absolute atomic E-state index is 6.65. The summed E-state index contributed by atoms with van der Waals surface area (Å²) in [5.74, 6) is 0.574. The Hall–Kier alpha value is -0.860. The standard InChI is InChI=1S/C19H32N2/c1-5-19(6-2)12-13-21(14-19)18(15(3)4)17(20)16-10-8-7-9-11-16/h7-11,15,17-18H,5-6,12-14,20H2,1-4H3. The van der Waals surface area contributed by atoms with E-state index in [4.69, 9.17) is 5.73 Å². The monoisotopic (exact) mass is 288 g/mol. The van der Waals surface area contributed by atoms with Crippen molar-refractivity contribution >= 4 is 0 Å². The predicted molar refractivity (Wildman–Crippen MR) is 91.2 cm³/mol. The lowest BCUT2D eigenvalue weighted by molar-refractivity contribution is 0.137. The van der Waals surface area contributed by atoms with Gasteiger partial charge in [-0.15, -0.1) is 0 Å². The zero-order valence-corrected chi connectivity index (χ0v) is 14.2. The molecule has 2 unspecified atom stereocenters. The summed E-state index contributed by atoms with van der Waals surface area (Å²) in [6.45, 7) is 11.7. The first kappa shape index (κ1) is 16.5. The van der Waals surface area contributed by atoms with Crippen molar-refractivity contribution < 1.29 is 0 Å². The molecule has 1 saturated heterocycles. The Kier molecular flexibility index (Phi) is 5.45. The van der Waals surface area contributed by atoms with Crippen LogP contribution in [0.2, 0.25) is 0 Å². The molecule has 1 aromatic rings. The predicted octanol–water partition coefficient (Wildman–Crippen LogP) is 4.22. The van der Waals surface area contributed by atoms with Crippen LogP contribution in [0.15, 0.2) is 30.3 Å². The van der Waals surface area contributed by atoms with Crippen molar-refractivity contribution in [3.05, 3.63) is 35.9 Å². The van der Waals surface area contributed by atoms with E-state index in [0.29, 0.717) is 17.4 Å². The smallest absolute Gasteiger partial charge is 0.0455 e. The zero-order valence-electron chi connectivity index (χ0n) is 14.2. The van der Waals surface area contributed by atoms with Gasteiger partial charge in [0.15, 0.2) is 0 Å². The van der Waals surface area contributed by atoms with Crippen LogP contribution in [0.3, 0.4) is 0 Å². The Labute approximate surface area is 130 Å². The minimum absolute atomic E-state index is 0.107. The van der Waals surface area contributed by atoms with Crippen LogP contribution in [0.4, 0.5) is 0 Å². The van der Waals surface area contributed by atoms with Crippen molar-refractivity contribution in [1.82, 2.24) is 4.90 Å².